The van der Waals surface area contributed by atoms with Gasteiger partial charge in [-0.3, -0.25) is 14.9 Å². The third kappa shape index (κ3) is 3.13. The summed E-state index contributed by atoms with van der Waals surface area (Å²) in [4.78, 5) is 27.2. The summed E-state index contributed by atoms with van der Waals surface area (Å²) in [7, 11) is 0. The number of amides is 2. The van der Waals surface area contributed by atoms with Gasteiger partial charge in [-0.25, -0.2) is 4.99 Å². The molecule has 1 unspecified atom stereocenters. The molecule has 6 heteroatoms. The smallest absolute Gasteiger partial charge is 0.267 e. The Morgan fingerprint density at radius 2 is 2.37 bits per heavy atom. The summed E-state index contributed by atoms with van der Waals surface area (Å²) >= 11 is 0. The lowest BCUT2D eigenvalue weighted by Crippen LogP contribution is -2.50. The molecule has 0 bridgehead atoms. The van der Waals surface area contributed by atoms with Crippen LogP contribution in [0.2, 0.25) is 0 Å². The van der Waals surface area contributed by atoms with Crippen molar-refractivity contribution in [1.29, 1.82) is 0 Å². The van der Waals surface area contributed by atoms with E-state index in [1.54, 1.807) is 0 Å². The van der Waals surface area contributed by atoms with Crippen LogP contribution in [-0.4, -0.2) is 23.8 Å². The molecule has 1 atom stereocenters. The fraction of sp³-hybridized carbons (Fsp3) is 0.538. The number of rotatable bonds is 3. The minimum atomic E-state index is -0.563. The van der Waals surface area contributed by atoms with Crippen molar-refractivity contribution in [2.45, 2.75) is 45.1 Å². The summed E-state index contributed by atoms with van der Waals surface area (Å²) in [6, 6.07) is 0.0122. The van der Waals surface area contributed by atoms with Crippen LogP contribution in [-0.2, 0) is 9.59 Å². The zero-order valence-electron chi connectivity index (χ0n) is 11.0. The van der Waals surface area contributed by atoms with Gasteiger partial charge in [-0.1, -0.05) is 6.92 Å². The van der Waals surface area contributed by atoms with Gasteiger partial charge in [-0.2, -0.15) is 0 Å². The quantitative estimate of drug-likeness (QED) is 0.679. The third-order valence-electron chi connectivity index (χ3n) is 3.15. The lowest BCUT2D eigenvalue weighted by Gasteiger charge is -2.31. The second kappa shape index (κ2) is 5.86. The first kappa shape index (κ1) is 13.6. The van der Waals surface area contributed by atoms with Gasteiger partial charge in [0.25, 0.3) is 5.91 Å². The Bertz CT molecular complexity index is 454. The molecule has 0 aromatic rings. The lowest BCUT2D eigenvalue weighted by atomic mass is 9.87. The number of nitrogens with one attached hydrogen (secondary N) is 2. The first-order valence-corrected chi connectivity index (χ1v) is 6.50. The number of aliphatic imine (C=N–C) groups is 1. The van der Waals surface area contributed by atoms with Crippen molar-refractivity contribution in [1.82, 2.24) is 10.6 Å². The topological polar surface area (TPSA) is 96.6 Å². The van der Waals surface area contributed by atoms with E-state index < -0.39 is 5.91 Å². The van der Waals surface area contributed by atoms with E-state index in [0.29, 0.717) is 18.8 Å². The summed E-state index contributed by atoms with van der Waals surface area (Å²) in [5.74, 6) is -0.356. The van der Waals surface area contributed by atoms with Gasteiger partial charge in [-0.15, -0.1) is 0 Å². The van der Waals surface area contributed by atoms with Gasteiger partial charge in [0.15, 0.2) is 0 Å². The second-order valence-electron chi connectivity index (χ2n) is 4.66. The van der Waals surface area contributed by atoms with Crippen LogP contribution in [0.5, 0.6) is 0 Å². The second-order valence-corrected chi connectivity index (χ2v) is 4.66. The summed E-state index contributed by atoms with van der Waals surface area (Å²) in [6.07, 6.45) is 6.64. The van der Waals surface area contributed by atoms with Crippen molar-refractivity contribution in [2.75, 3.05) is 0 Å². The average molecular weight is 262 g/mol. The van der Waals surface area contributed by atoms with Crippen molar-refractivity contribution >= 4 is 17.8 Å². The van der Waals surface area contributed by atoms with Crippen molar-refractivity contribution in [3.8, 4) is 0 Å². The number of fused-ring (bicyclic) bond motifs is 1. The highest BCUT2D eigenvalue weighted by Crippen LogP contribution is 2.28. The summed E-state index contributed by atoms with van der Waals surface area (Å²) in [5, 5.41) is 5.82. The van der Waals surface area contributed by atoms with Crippen LogP contribution in [0, 0.1) is 6.42 Å². The number of carbonyl (C=O) groups is 2. The highest BCUT2D eigenvalue weighted by molar-refractivity contribution is 6.02. The van der Waals surface area contributed by atoms with E-state index in [4.69, 9.17) is 5.73 Å². The van der Waals surface area contributed by atoms with Gasteiger partial charge in [-0.05, 0) is 37.7 Å². The Morgan fingerprint density at radius 1 is 1.58 bits per heavy atom. The number of carbonyl (C=O) groups excluding carboxylic acids is 2. The Hall–Kier alpha value is -1.85. The molecule has 2 radical (unpaired) electrons. The number of guanidine groups is 1. The summed E-state index contributed by atoms with van der Waals surface area (Å²) in [6.45, 7) is 1.93. The van der Waals surface area contributed by atoms with Gasteiger partial charge in [0.2, 0.25) is 11.9 Å². The Morgan fingerprint density at radius 3 is 3.05 bits per heavy atom. The van der Waals surface area contributed by atoms with Crippen molar-refractivity contribution in [3.05, 3.63) is 17.7 Å². The molecule has 1 aliphatic carbocycles. The molecule has 1 aliphatic heterocycles. The van der Waals surface area contributed by atoms with Crippen molar-refractivity contribution in [3.63, 3.8) is 0 Å². The number of nitrogens with zero attached hydrogens (tertiary/aromatic N) is 1. The highest BCUT2D eigenvalue weighted by Gasteiger charge is 2.29. The van der Waals surface area contributed by atoms with Gasteiger partial charge in [0.1, 0.15) is 5.70 Å². The van der Waals surface area contributed by atoms with Crippen LogP contribution >= 0.6 is 0 Å². The minimum Gasteiger partial charge on any atom is -0.364 e. The van der Waals surface area contributed by atoms with Crippen LogP contribution in [0.4, 0.5) is 0 Å². The molecular weight excluding hydrogens is 244 g/mol. The maximum Gasteiger partial charge on any atom is 0.267 e. The average Bonchev–Trinajstić information content (AvgIpc) is 2.37. The minimum absolute atomic E-state index is 0.0122. The zero-order chi connectivity index (χ0) is 13.8. The van der Waals surface area contributed by atoms with Gasteiger partial charge in [0.05, 0.1) is 6.04 Å². The molecule has 102 valence electrons. The molecular formula is C13H18N4O2. The van der Waals surface area contributed by atoms with E-state index in [1.165, 1.54) is 0 Å². The van der Waals surface area contributed by atoms with Crippen LogP contribution in [0.3, 0.4) is 0 Å². The lowest BCUT2D eigenvalue weighted by molar-refractivity contribution is -0.120. The van der Waals surface area contributed by atoms with Gasteiger partial charge < -0.3 is 11.1 Å². The fourth-order valence-corrected chi connectivity index (χ4v) is 2.25. The molecule has 4 N–H and O–H groups in total. The molecule has 1 fully saturated rings. The van der Waals surface area contributed by atoms with Gasteiger partial charge in [0, 0.05) is 6.42 Å². The monoisotopic (exact) mass is 262 g/mol. The Labute approximate surface area is 112 Å². The largest absolute Gasteiger partial charge is 0.364 e. The molecule has 2 rings (SSSR count). The molecule has 0 spiro atoms. The molecule has 0 saturated heterocycles. The molecule has 1 saturated carbocycles. The predicted octanol–water partition coefficient (Wildman–Crippen LogP) is 0.235. The number of nitrogens with two attached hydrogens (primary N) is 1. The molecule has 0 aromatic heterocycles. The zero-order valence-corrected chi connectivity index (χ0v) is 11.0. The predicted molar refractivity (Wildman–Crippen MR) is 70.7 cm³/mol. The van der Waals surface area contributed by atoms with E-state index in [9.17, 15) is 9.59 Å². The molecule has 0 aromatic carbocycles. The summed E-state index contributed by atoms with van der Waals surface area (Å²) < 4.78 is 0. The van der Waals surface area contributed by atoms with E-state index in [2.05, 4.69) is 22.0 Å². The molecule has 19 heavy (non-hydrogen) atoms. The Balaban J connectivity index is 2.20. The maximum atomic E-state index is 11.6. The van der Waals surface area contributed by atoms with E-state index in [0.717, 1.165) is 24.8 Å². The van der Waals surface area contributed by atoms with Crippen LogP contribution in [0.15, 0.2) is 16.3 Å². The van der Waals surface area contributed by atoms with Crippen LogP contribution in [0.1, 0.15) is 39.0 Å². The van der Waals surface area contributed by atoms with E-state index in [1.807, 2.05) is 6.92 Å². The summed E-state index contributed by atoms with van der Waals surface area (Å²) in [5.41, 5.74) is 6.47. The number of hydrogen-bond donors (Lipinski definition) is 3. The maximum absolute atomic E-state index is 11.6. The fourth-order valence-electron chi connectivity index (χ4n) is 2.25. The Kier molecular flexibility index (Phi) is 4.19. The van der Waals surface area contributed by atoms with E-state index in [-0.39, 0.29) is 17.6 Å². The van der Waals surface area contributed by atoms with Crippen LogP contribution < -0.4 is 16.4 Å². The highest BCUT2D eigenvalue weighted by atomic mass is 16.2. The molecule has 6 nitrogen and oxygen atoms in total. The standard InChI is InChI=1S/C13H18N4O2/c1-2-5-10(18)16-13-15-9-7-4-3-6-8(9)11(17-13)12(14)19/h9H,2,4-7H2,1H3,(H2,14,19)(H2,15,16,17,18). The van der Waals surface area contributed by atoms with Crippen molar-refractivity contribution < 1.29 is 9.59 Å². The molecule has 2 amide bonds. The van der Waals surface area contributed by atoms with Crippen molar-refractivity contribution in [2.24, 2.45) is 10.7 Å². The van der Waals surface area contributed by atoms with Crippen LogP contribution in [0.25, 0.3) is 0 Å². The normalized spacial score (nSPS) is 22.2. The van der Waals surface area contributed by atoms with Gasteiger partial charge >= 0.3 is 0 Å². The first-order valence-electron chi connectivity index (χ1n) is 6.50. The third-order valence-corrected chi connectivity index (χ3v) is 3.15. The number of hydrogen-bond acceptors (Lipinski definition) is 4. The van der Waals surface area contributed by atoms with E-state index >= 15 is 0 Å². The number of primary amides is 1. The molecule has 2 aliphatic rings. The SMILES string of the molecule is CCCC(=O)NC1=NC(C(N)=O)=C2C[C]CCC2N1. The molecule has 1 heterocycles. The first-order chi connectivity index (χ1) is 9.11.